The lowest BCUT2D eigenvalue weighted by molar-refractivity contribution is -0.510. The summed E-state index contributed by atoms with van der Waals surface area (Å²) in [6.07, 6.45) is 3.43. The van der Waals surface area contributed by atoms with Gasteiger partial charge in [-0.15, -0.1) is 0 Å². The summed E-state index contributed by atoms with van der Waals surface area (Å²) in [5, 5.41) is 12.8. The van der Waals surface area contributed by atoms with E-state index < -0.39 is 16.9 Å². The SMILES string of the molecule is O=C1C=C(N=C2CC=CO2)NC1[N+](=O)[O-]. The molecule has 2 aliphatic heterocycles. The first-order valence-electron chi connectivity index (χ1n) is 4.21. The van der Waals surface area contributed by atoms with E-state index >= 15 is 0 Å². The number of ether oxygens (including phenoxy) is 1. The predicted molar refractivity (Wildman–Crippen MR) is 49.3 cm³/mol. The molecule has 7 nitrogen and oxygen atoms in total. The molecule has 1 N–H and O–H groups in total. The fourth-order valence-corrected chi connectivity index (χ4v) is 1.22. The van der Waals surface area contributed by atoms with Gasteiger partial charge in [-0.05, 0) is 6.08 Å². The second kappa shape index (κ2) is 3.52. The molecular weight excluding hydrogens is 202 g/mol. The van der Waals surface area contributed by atoms with Gasteiger partial charge < -0.3 is 10.1 Å². The first kappa shape index (κ1) is 9.38. The van der Waals surface area contributed by atoms with Crippen LogP contribution in [0.4, 0.5) is 0 Å². The van der Waals surface area contributed by atoms with Crippen molar-refractivity contribution >= 4 is 11.7 Å². The van der Waals surface area contributed by atoms with E-state index in [0.717, 1.165) is 6.08 Å². The van der Waals surface area contributed by atoms with Gasteiger partial charge in [0.05, 0.1) is 11.2 Å². The molecule has 0 radical (unpaired) electrons. The molecule has 0 spiro atoms. The summed E-state index contributed by atoms with van der Waals surface area (Å²) in [5.41, 5.74) is 0. The Bertz CT molecular complexity index is 400. The molecule has 1 atom stereocenters. The Hall–Kier alpha value is -2.18. The number of nitro groups is 1. The van der Waals surface area contributed by atoms with Gasteiger partial charge in [0, 0.05) is 12.5 Å². The van der Waals surface area contributed by atoms with E-state index in [9.17, 15) is 14.9 Å². The van der Waals surface area contributed by atoms with Crippen molar-refractivity contribution in [1.29, 1.82) is 0 Å². The van der Waals surface area contributed by atoms with E-state index in [2.05, 4.69) is 10.3 Å². The van der Waals surface area contributed by atoms with Gasteiger partial charge in [0.25, 0.3) is 5.78 Å². The molecule has 0 saturated heterocycles. The second-order valence-electron chi connectivity index (χ2n) is 2.96. The zero-order chi connectivity index (χ0) is 10.8. The van der Waals surface area contributed by atoms with Crippen molar-refractivity contribution in [3.8, 4) is 0 Å². The molecule has 1 unspecified atom stereocenters. The lowest BCUT2D eigenvalue weighted by Crippen LogP contribution is -2.36. The maximum atomic E-state index is 11.1. The highest BCUT2D eigenvalue weighted by atomic mass is 16.6. The summed E-state index contributed by atoms with van der Waals surface area (Å²) in [7, 11) is 0. The smallest absolute Gasteiger partial charge is 0.348 e. The number of hydrogen-bond donors (Lipinski definition) is 1. The van der Waals surface area contributed by atoms with Gasteiger partial charge in [-0.3, -0.25) is 14.9 Å². The predicted octanol–water partition coefficient (Wildman–Crippen LogP) is -0.0646. The summed E-state index contributed by atoms with van der Waals surface area (Å²) >= 11 is 0. The number of nitrogens with one attached hydrogen (secondary N) is 1. The van der Waals surface area contributed by atoms with E-state index in [1.807, 2.05) is 0 Å². The Morgan fingerprint density at radius 3 is 3.00 bits per heavy atom. The van der Waals surface area contributed by atoms with Crippen LogP contribution >= 0.6 is 0 Å². The Kier molecular flexibility index (Phi) is 2.20. The second-order valence-corrected chi connectivity index (χ2v) is 2.96. The van der Waals surface area contributed by atoms with Crippen molar-refractivity contribution in [2.24, 2.45) is 4.99 Å². The lowest BCUT2D eigenvalue weighted by Gasteiger charge is -2.02. The molecule has 0 fully saturated rings. The summed E-state index contributed by atoms with van der Waals surface area (Å²) in [6, 6.07) is 0. The van der Waals surface area contributed by atoms with Crippen LogP contribution in [0.25, 0.3) is 0 Å². The number of ketones is 1. The molecule has 2 rings (SSSR count). The molecule has 2 heterocycles. The maximum Gasteiger partial charge on any atom is 0.348 e. The van der Waals surface area contributed by atoms with Gasteiger partial charge in [0.15, 0.2) is 5.90 Å². The third kappa shape index (κ3) is 1.85. The molecule has 0 amide bonds. The summed E-state index contributed by atoms with van der Waals surface area (Å²) < 4.78 is 4.95. The van der Waals surface area contributed by atoms with Crippen LogP contribution in [0.3, 0.4) is 0 Å². The number of carbonyl (C=O) groups excluding carboxylic acids is 1. The van der Waals surface area contributed by atoms with Crippen molar-refractivity contribution in [3.63, 3.8) is 0 Å². The molecule has 78 valence electrons. The monoisotopic (exact) mass is 209 g/mol. The van der Waals surface area contributed by atoms with Crippen molar-refractivity contribution in [2.75, 3.05) is 0 Å². The van der Waals surface area contributed by atoms with Crippen molar-refractivity contribution in [3.05, 3.63) is 34.3 Å². The number of rotatable bonds is 2. The zero-order valence-corrected chi connectivity index (χ0v) is 7.54. The van der Waals surface area contributed by atoms with Gasteiger partial charge in [0.1, 0.15) is 5.82 Å². The van der Waals surface area contributed by atoms with Gasteiger partial charge in [-0.25, -0.2) is 0 Å². The summed E-state index contributed by atoms with van der Waals surface area (Å²) in [4.78, 5) is 24.7. The average Bonchev–Trinajstić information content (AvgIpc) is 2.75. The highest BCUT2D eigenvalue weighted by Crippen LogP contribution is 2.11. The van der Waals surface area contributed by atoms with Gasteiger partial charge in [-0.1, -0.05) is 0 Å². The van der Waals surface area contributed by atoms with Crippen molar-refractivity contribution < 1.29 is 14.5 Å². The quantitative estimate of drug-likeness (QED) is 0.507. The molecule has 0 aromatic heterocycles. The number of hydrogen-bond acceptors (Lipinski definition) is 6. The Labute approximate surface area is 84.3 Å². The largest absolute Gasteiger partial charge is 0.451 e. The van der Waals surface area contributed by atoms with Crippen LogP contribution in [0.15, 0.2) is 29.2 Å². The van der Waals surface area contributed by atoms with E-state index in [4.69, 9.17) is 4.74 Å². The Morgan fingerprint density at radius 2 is 2.47 bits per heavy atom. The minimum Gasteiger partial charge on any atom is -0.451 e. The molecule has 15 heavy (non-hydrogen) atoms. The molecule has 2 aliphatic rings. The molecular formula is C8H7N3O4. The first-order chi connectivity index (χ1) is 7.16. The Morgan fingerprint density at radius 1 is 1.67 bits per heavy atom. The standard InChI is InChI=1S/C8H7N3O4/c12-5-4-6(10-8(5)11(13)14)9-7-2-1-3-15-7/h1,3-4,8,10H,2H2. The van der Waals surface area contributed by atoms with Crippen LogP contribution < -0.4 is 5.32 Å². The molecule has 7 heteroatoms. The molecule has 0 aromatic rings. The average molecular weight is 209 g/mol. The van der Waals surface area contributed by atoms with E-state index in [-0.39, 0.29) is 5.82 Å². The van der Waals surface area contributed by atoms with E-state index in [0.29, 0.717) is 12.3 Å². The topological polar surface area (TPSA) is 93.8 Å². The molecule has 0 aromatic carbocycles. The maximum absolute atomic E-state index is 11.1. The molecule has 0 bridgehead atoms. The fourth-order valence-electron chi connectivity index (χ4n) is 1.22. The van der Waals surface area contributed by atoms with E-state index in [1.165, 1.54) is 6.26 Å². The number of nitrogens with zero attached hydrogens (tertiary/aromatic N) is 2. The molecule has 0 aliphatic carbocycles. The van der Waals surface area contributed by atoms with Crippen molar-refractivity contribution in [2.45, 2.75) is 12.6 Å². The molecule has 0 saturated carbocycles. The van der Waals surface area contributed by atoms with Crippen molar-refractivity contribution in [1.82, 2.24) is 5.32 Å². The zero-order valence-electron chi connectivity index (χ0n) is 7.54. The summed E-state index contributed by atoms with van der Waals surface area (Å²) in [5.74, 6) is -0.0312. The van der Waals surface area contributed by atoms with Crippen LogP contribution in [0.5, 0.6) is 0 Å². The third-order valence-corrected chi connectivity index (χ3v) is 1.88. The van der Waals surface area contributed by atoms with Crippen LogP contribution in [0.2, 0.25) is 0 Å². The Balaban J connectivity index is 2.08. The van der Waals surface area contributed by atoms with E-state index in [1.54, 1.807) is 6.08 Å². The summed E-state index contributed by atoms with van der Waals surface area (Å²) in [6.45, 7) is 0. The van der Waals surface area contributed by atoms with Gasteiger partial charge in [-0.2, -0.15) is 4.99 Å². The van der Waals surface area contributed by atoms with Gasteiger partial charge >= 0.3 is 6.17 Å². The highest BCUT2D eigenvalue weighted by molar-refractivity contribution is 5.96. The first-order valence-corrected chi connectivity index (χ1v) is 4.21. The number of carbonyl (C=O) groups is 1. The highest BCUT2D eigenvalue weighted by Gasteiger charge is 2.34. The normalized spacial score (nSPS) is 26.4. The lowest BCUT2D eigenvalue weighted by atomic mass is 10.4. The van der Waals surface area contributed by atoms with Crippen LogP contribution in [0.1, 0.15) is 6.42 Å². The minimum absolute atomic E-state index is 0.167. The van der Waals surface area contributed by atoms with Crippen LogP contribution in [-0.2, 0) is 9.53 Å². The van der Waals surface area contributed by atoms with Crippen LogP contribution in [-0.4, -0.2) is 22.8 Å². The third-order valence-electron chi connectivity index (χ3n) is 1.88. The van der Waals surface area contributed by atoms with Gasteiger partial charge in [0.2, 0.25) is 0 Å². The van der Waals surface area contributed by atoms with Crippen LogP contribution in [0, 0.1) is 10.1 Å². The fraction of sp³-hybridized carbons (Fsp3) is 0.250. The number of aliphatic imine (C=N–C) groups is 1. The minimum atomic E-state index is -1.42.